The zero-order chi connectivity index (χ0) is 15.7. The summed E-state index contributed by atoms with van der Waals surface area (Å²) < 4.78 is 1.30. The Balaban J connectivity index is 1.75. The van der Waals surface area contributed by atoms with E-state index in [2.05, 4.69) is 60.8 Å². The predicted molar refractivity (Wildman–Crippen MR) is 95.9 cm³/mol. The molecule has 3 rings (SSSR count). The van der Waals surface area contributed by atoms with Crippen LogP contribution in [0, 0.1) is 0 Å². The standard InChI is InChI=1S/C17H26N4S/c1-13(2)20-7-9-21(10-8-20)17-18-15-11-14(12-19(3)4)5-6-16(15)22-17/h5-6,11,13H,7-10,12H2,1-4H3. The maximum atomic E-state index is 4.88. The van der Waals surface area contributed by atoms with Crippen LogP contribution < -0.4 is 4.90 Å². The highest BCUT2D eigenvalue weighted by Gasteiger charge is 2.21. The first-order chi connectivity index (χ1) is 10.5. The fraction of sp³-hybridized carbons (Fsp3) is 0.588. The minimum atomic E-state index is 0.645. The Kier molecular flexibility index (Phi) is 4.66. The van der Waals surface area contributed by atoms with Crippen LogP contribution >= 0.6 is 11.3 Å². The number of hydrogen-bond acceptors (Lipinski definition) is 5. The zero-order valence-corrected chi connectivity index (χ0v) is 14.9. The molecule has 0 atom stereocenters. The number of thiazole rings is 1. The third kappa shape index (κ3) is 3.42. The van der Waals surface area contributed by atoms with E-state index in [1.54, 1.807) is 0 Å². The van der Waals surface area contributed by atoms with Crippen LogP contribution in [-0.4, -0.2) is 61.1 Å². The van der Waals surface area contributed by atoms with Gasteiger partial charge in [-0.1, -0.05) is 17.4 Å². The number of fused-ring (bicyclic) bond motifs is 1. The molecule has 5 heteroatoms. The van der Waals surface area contributed by atoms with Crippen molar-refractivity contribution in [2.75, 3.05) is 45.2 Å². The Hall–Kier alpha value is -1.17. The van der Waals surface area contributed by atoms with Crippen molar-refractivity contribution in [3.63, 3.8) is 0 Å². The lowest BCUT2D eigenvalue weighted by molar-refractivity contribution is 0.209. The molecule has 22 heavy (non-hydrogen) atoms. The lowest BCUT2D eigenvalue weighted by Crippen LogP contribution is -2.48. The van der Waals surface area contributed by atoms with Crippen molar-refractivity contribution in [1.82, 2.24) is 14.8 Å². The van der Waals surface area contributed by atoms with Gasteiger partial charge in [0.15, 0.2) is 5.13 Å². The van der Waals surface area contributed by atoms with Crippen molar-refractivity contribution >= 4 is 26.7 Å². The lowest BCUT2D eigenvalue weighted by Gasteiger charge is -2.36. The monoisotopic (exact) mass is 318 g/mol. The normalized spacial score (nSPS) is 17.1. The molecule has 0 spiro atoms. The summed E-state index contributed by atoms with van der Waals surface area (Å²) >= 11 is 1.82. The molecule has 0 amide bonds. The van der Waals surface area contributed by atoms with Gasteiger partial charge in [-0.25, -0.2) is 4.98 Å². The third-order valence-electron chi connectivity index (χ3n) is 4.25. The van der Waals surface area contributed by atoms with E-state index in [4.69, 9.17) is 4.98 Å². The Morgan fingerprint density at radius 1 is 1.18 bits per heavy atom. The lowest BCUT2D eigenvalue weighted by atomic mass is 10.2. The molecule has 120 valence electrons. The van der Waals surface area contributed by atoms with Gasteiger partial charge in [-0.15, -0.1) is 0 Å². The summed E-state index contributed by atoms with van der Waals surface area (Å²) in [7, 11) is 4.20. The van der Waals surface area contributed by atoms with Gasteiger partial charge in [-0.3, -0.25) is 4.90 Å². The maximum Gasteiger partial charge on any atom is 0.186 e. The van der Waals surface area contributed by atoms with E-state index >= 15 is 0 Å². The van der Waals surface area contributed by atoms with Crippen molar-refractivity contribution in [3.8, 4) is 0 Å². The third-order valence-corrected chi connectivity index (χ3v) is 5.35. The van der Waals surface area contributed by atoms with E-state index in [0.29, 0.717) is 6.04 Å². The second-order valence-corrected chi connectivity index (χ2v) is 7.66. The van der Waals surface area contributed by atoms with Crippen LogP contribution in [0.4, 0.5) is 5.13 Å². The van der Waals surface area contributed by atoms with Crippen molar-refractivity contribution < 1.29 is 0 Å². The van der Waals surface area contributed by atoms with E-state index < -0.39 is 0 Å². The molecule has 1 fully saturated rings. The molecule has 0 unspecified atom stereocenters. The van der Waals surface area contributed by atoms with Crippen LogP contribution in [0.3, 0.4) is 0 Å². The number of rotatable bonds is 4. The van der Waals surface area contributed by atoms with Gasteiger partial charge in [0.2, 0.25) is 0 Å². The fourth-order valence-electron chi connectivity index (χ4n) is 2.99. The summed E-state index contributed by atoms with van der Waals surface area (Å²) in [5.41, 5.74) is 2.48. The predicted octanol–water partition coefficient (Wildman–Crippen LogP) is 2.89. The second-order valence-electron chi connectivity index (χ2n) is 6.65. The van der Waals surface area contributed by atoms with Crippen LogP contribution in [0.25, 0.3) is 10.2 Å². The average Bonchev–Trinajstić information content (AvgIpc) is 2.90. The van der Waals surface area contributed by atoms with E-state index in [0.717, 1.165) is 38.2 Å². The van der Waals surface area contributed by atoms with Crippen LogP contribution in [0.2, 0.25) is 0 Å². The van der Waals surface area contributed by atoms with E-state index in [9.17, 15) is 0 Å². The molecule has 2 heterocycles. The Morgan fingerprint density at radius 2 is 1.91 bits per heavy atom. The SMILES string of the molecule is CC(C)N1CCN(c2nc3cc(CN(C)C)ccc3s2)CC1. The molecule has 1 aromatic heterocycles. The van der Waals surface area contributed by atoms with Gasteiger partial charge < -0.3 is 9.80 Å². The number of aromatic nitrogens is 1. The zero-order valence-electron chi connectivity index (χ0n) is 14.0. The van der Waals surface area contributed by atoms with E-state index in [1.165, 1.54) is 15.4 Å². The van der Waals surface area contributed by atoms with Crippen molar-refractivity contribution in [3.05, 3.63) is 23.8 Å². The first-order valence-electron chi connectivity index (χ1n) is 8.06. The number of piperazine rings is 1. The molecule has 0 aliphatic carbocycles. The summed E-state index contributed by atoms with van der Waals surface area (Å²) in [6.45, 7) is 9.97. The Morgan fingerprint density at radius 3 is 2.55 bits per heavy atom. The number of benzene rings is 1. The number of hydrogen-bond donors (Lipinski definition) is 0. The summed E-state index contributed by atoms with van der Waals surface area (Å²) in [5, 5.41) is 1.18. The van der Waals surface area contributed by atoms with Crippen molar-refractivity contribution in [1.29, 1.82) is 0 Å². The van der Waals surface area contributed by atoms with Crippen LogP contribution in [0.15, 0.2) is 18.2 Å². The van der Waals surface area contributed by atoms with Crippen molar-refractivity contribution in [2.24, 2.45) is 0 Å². The summed E-state index contributed by atoms with van der Waals surface area (Å²) in [5.74, 6) is 0. The highest BCUT2D eigenvalue weighted by Crippen LogP contribution is 2.30. The molecular weight excluding hydrogens is 292 g/mol. The maximum absolute atomic E-state index is 4.88. The quantitative estimate of drug-likeness (QED) is 0.864. The Bertz CT molecular complexity index is 627. The molecule has 4 nitrogen and oxygen atoms in total. The minimum Gasteiger partial charge on any atom is -0.345 e. The van der Waals surface area contributed by atoms with Crippen LogP contribution in [-0.2, 0) is 6.54 Å². The molecule has 0 bridgehead atoms. The summed E-state index contributed by atoms with van der Waals surface area (Å²) in [6.07, 6.45) is 0. The first kappa shape index (κ1) is 15.7. The molecule has 1 aromatic carbocycles. The van der Waals surface area contributed by atoms with Gasteiger partial charge in [0.05, 0.1) is 10.2 Å². The van der Waals surface area contributed by atoms with Crippen molar-refractivity contribution in [2.45, 2.75) is 26.4 Å². The van der Waals surface area contributed by atoms with Crippen LogP contribution in [0.1, 0.15) is 19.4 Å². The molecular formula is C17H26N4S. The molecule has 1 aliphatic heterocycles. The topological polar surface area (TPSA) is 22.6 Å². The van der Waals surface area contributed by atoms with E-state index in [1.807, 2.05) is 11.3 Å². The van der Waals surface area contributed by atoms with Gasteiger partial charge in [-0.05, 0) is 45.6 Å². The molecule has 0 radical (unpaired) electrons. The van der Waals surface area contributed by atoms with Gasteiger partial charge >= 0.3 is 0 Å². The average molecular weight is 318 g/mol. The van der Waals surface area contributed by atoms with Gasteiger partial charge in [-0.2, -0.15) is 0 Å². The molecule has 1 aliphatic rings. The van der Waals surface area contributed by atoms with Crippen LogP contribution in [0.5, 0.6) is 0 Å². The van der Waals surface area contributed by atoms with Gasteiger partial charge in [0.1, 0.15) is 0 Å². The highest BCUT2D eigenvalue weighted by molar-refractivity contribution is 7.22. The largest absolute Gasteiger partial charge is 0.345 e. The Labute approximate surface area is 137 Å². The summed E-state index contributed by atoms with van der Waals surface area (Å²) in [6, 6.07) is 7.33. The fourth-order valence-corrected chi connectivity index (χ4v) is 3.99. The number of nitrogens with zero attached hydrogens (tertiary/aromatic N) is 4. The molecule has 2 aromatic rings. The smallest absolute Gasteiger partial charge is 0.186 e. The molecule has 0 N–H and O–H groups in total. The second kappa shape index (κ2) is 6.52. The molecule has 0 saturated carbocycles. The summed E-state index contributed by atoms with van der Waals surface area (Å²) in [4.78, 5) is 12.1. The van der Waals surface area contributed by atoms with Gasteiger partial charge in [0, 0.05) is 38.8 Å². The first-order valence-corrected chi connectivity index (χ1v) is 8.88. The highest BCUT2D eigenvalue weighted by atomic mass is 32.1. The minimum absolute atomic E-state index is 0.645. The number of anilines is 1. The molecule has 1 saturated heterocycles. The van der Waals surface area contributed by atoms with Gasteiger partial charge in [0.25, 0.3) is 0 Å². The van der Waals surface area contributed by atoms with E-state index in [-0.39, 0.29) is 0 Å².